The van der Waals surface area contributed by atoms with Crippen molar-refractivity contribution < 1.29 is 0 Å². The first-order valence-corrected chi connectivity index (χ1v) is 7.74. The van der Waals surface area contributed by atoms with Crippen molar-refractivity contribution >= 4 is 17.0 Å². The molecule has 0 spiro atoms. The molecule has 1 fully saturated rings. The van der Waals surface area contributed by atoms with Crippen LogP contribution in [0.15, 0.2) is 29.3 Å². The summed E-state index contributed by atoms with van der Waals surface area (Å²) in [5.41, 5.74) is 2.24. The quantitative estimate of drug-likeness (QED) is 0.653. The molecule has 0 aliphatic heterocycles. The molecule has 0 saturated heterocycles. The van der Waals surface area contributed by atoms with E-state index >= 15 is 0 Å². The van der Waals surface area contributed by atoms with E-state index in [0.717, 1.165) is 36.9 Å². The van der Waals surface area contributed by atoms with Crippen molar-refractivity contribution in [2.24, 2.45) is 4.99 Å². The maximum atomic E-state index is 4.66. The first-order valence-electron chi connectivity index (χ1n) is 7.74. The van der Waals surface area contributed by atoms with Crippen LogP contribution < -0.4 is 10.6 Å². The summed E-state index contributed by atoms with van der Waals surface area (Å²) in [5, 5.41) is 6.74. The molecule has 1 heterocycles. The first kappa shape index (κ1) is 13.9. The average Bonchev–Trinajstić information content (AvgIpc) is 3.23. The van der Waals surface area contributed by atoms with E-state index in [1.807, 2.05) is 6.07 Å². The normalized spacial score (nSPS) is 15.4. The maximum absolute atomic E-state index is 4.66. The number of benzene rings is 1. The van der Waals surface area contributed by atoms with Gasteiger partial charge in [0, 0.05) is 19.1 Å². The Labute approximate surface area is 125 Å². The highest BCUT2D eigenvalue weighted by Gasteiger charge is 2.21. The molecule has 0 radical (unpaired) electrons. The summed E-state index contributed by atoms with van der Waals surface area (Å²) in [6, 6.07) is 8.88. The predicted molar refractivity (Wildman–Crippen MR) is 86.6 cm³/mol. The van der Waals surface area contributed by atoms with E-state index in [2.05, 4.69) is 57.2 Å². The van der Waals surface area contributed by atoms with Gasteiger partial charge in [0.05, 0.1) is 17.6 Å². The summed E-state index contributed by atoms with van der Waals surface area (Å²) < 4.78 is 2.24. The molecule has 1 aromatic carbocycles. The predicted octanol–water partition coefficient (Wildman–Crippen LogP) is 2.06. The summed E-state index contributed by atoms with van der Waals surface area (Å²) >= 11 is 0. The van der Waals surface area contributed by atoms with Gasteiger partial charge in [-0.15, -0.1) is 0 Å². The van der Waals surface area contributed by atoms with Gasteiger partial charge in [-0.1, -0.05) is 12.1 Å². The van der Waals surface area contributed by atoms with Gasteiger partial charge in [-0.3, -0.25) is 4.99 Å². The Bertz CT molecular complexity index is 639. The van der Waals surface area contributed by atoms with Crippen LogP contribution in [0.3, 0.4) is 0 Å². The second-order valence-corrected chi connectivity index (χ2v) is 5.48. The van der Waals surface area contributed by atoms with Crippen LogP contribution in [-0.4, -0.2) is 34.6 Å². The zero-order valence-electron chi connectivity index (χ0n) is 12.8. The zero-order chi connectivity index (χ0) is 14.7. The van der Waals surface area contributed by atoms with Gasteiger partial charge in [-0.05, 0) is 38.8 Å². The number of hydrogen-bond acceptors (Lipinski definition) is 2. The van der Waals surface area contributed by atoms with E-state index in [0.29, 0.717) is 6.04 Å². The van der Waals surface area contributed by atoms with Crippen LogP contribution in [0.2, 0.25) is 0 Å². The first-order chi connectivity index (χ1) is 10.3. The summed E-state index contributed by atoms with van der Waals surface area (Å²) in [4.78, 5) is 9.25. The maximum Gasteiger partial charge on any atom is 0.191 e. The minimum atomic E-state index is 0.624. The lowest BCUT2D eigenvalue weighted by atomic mass is 10.3. The van der Waals surface area contributed by atoms with Crippen LogP contribution in [0.5, 0.6) is 0 Å². The van der Waals surface area contributed by atoms with Crippen LogP contribution >= 0.6 is 0 Å². The van der Waals surface area contributed by atoms with Crippen molar-refractivity contribution in [3.63, 3.8) is 0 Å². The van der Waals surface area contributed by atoms with Gasteiger partial charge < -0.3 is 15.2 Å². The van der Waals surface area contributed by atoms with Gasteiger partial charge in [0.15, 0.2) is 5.96 Å². The summed E-state index contributed by atoms with van der Waals surface area (Å²) in [5.74, 6) is 1.98. The molecule has 1 aromatic heterocycles. The molecule has 3 rings (SSSR count). The van der Waals surface area contributed by atoms with E-state index in [1.54, 1.807) is 0 Å². The third-order valence-corrected chi connectivity index (χ3v) is 3.70. The number of nitrogens with zero attached hydrogens (tertiary/aromatic N) is 3. The number of rotatable bonds is 5. The lowest BCUT2D eigenvalue weighted by Crippen LogP contribution is -2.38. The monoisotopic (exact) mass is 285 g/mol. The van der Waals surface area contributed by atoms with E-state index in [1.165, 1.54) is 18.4 Å². The molecule has 21 heavy (non-hydrogen) atoms. The minimum absolute atomic E-state index is 0.624. The fourth-order valence-electron chi connectivity index (χ4n) is 2.48. The third kappa shape index (κ3) is 3.35. The smallest absolute Gasteiger partial charge is 0.191 e. The van der Waals surface area contributed by atoms with Crippen molar-refractivity contribution in [1.29, 1.82) is 0 Å². The third-order valence-electron chi connectivity index (χ3n) is 3.70. The number of imidazole rings is 1. The second-order valence-electron chi connectivity index (χ2n) is 5.48. The molecular weight excluding hydrogens is 262 g/mol. The van der Waals surface area contributed by atoms with E-state index in [9.17, 15) is 0 Å². The Morgan fingerprint density at radius 1 is 1.38 bits per heavy atom. The zero-order valence-corrected chi connectivity index (χ0v) is 12.8. The molecule has 2 N–H and O–H groups in total. The number of para-hydroxylation sites is 2. The molecule has 1 saturated carbocycles. The Morgan fingerprint density at radius 2 is 2.19 bits per heavy atom. The molecule has 1 aliphatic rings. The number of aryl methyl sites for hydroxylation is 1. The Hall–Kier alpha value is -2.04. The lowest BCUT2D eigenvalue weighted by Gasteiger charge is -2.11. The van der Waals surface area contributed by atoms with Gasteiger partial charge in [0.1, 0.15) is 5.82 Å². The topological polar surface area (TPSA) is 54.2 Å². The van der Waals surface area contributed by atoms with Gasteiger partial charge in [-0.25, -0.2) is 4.98 Å². The average molecular weight is 285 g/mol. The molecule has 0 amide bonds. The van der Waals surface area contributed by atoms with Crippen LogP contribution in [0.4, 0.5) is 0 Å². The highest BCUT2D eigenvalue weighted by atomic mass is 15.2. The molecule has 0 bridgehead atoms. The van der Waals surface area contributed by atoms with Gasteiger partial charge in [-0.2, -0.15) is 0 Å². The van der Waals surface area contributed by atoms with Crippen molar-refractivity contribution in [2.75, 3.05) is 13.1 Å². The van der Waals surface area contributed by atoms with Crippen molar-refractivity contribution in [3.05, 3.63) is 30.1 Å². The Balaban J connectivity index is 1.68. The molecule has 112 valence electrons. The van der Waals surface area contributed by atoms with E-state index < -0.39 is 0 Å². The lowest BCUT2D eigenvalue weighted by molar-refractivity contribution is 0.695. The molecular formula is C16H23N5. The Kier molecular flexibility index (Phi) is 4.08. The highest BCUT2D eigenvalue weighted by molar-refractivity contribution is 5.80. The van der Waals surface area contributed by atoms with E-state index in [-0.39, 0.29) is 0 Å². The van der Waals surface area contributed by atoms with Crippen molar-refractivity contribution in [1.82, 2.24) is 20.2 Å². The number of nitrogens with one attached hydrogen (secondary N) is 2. The van der Waals surface area contributed by atoms with Crippen LogP contribution in [-0.2, 0) is 6.54 Å². The number of fused-ring (bicyclic) bond motifs is 1. The number of hydrogen-bond donors (Lipinski definition) is 2. The van der Waals surface area contributed by atoms with Gasteiger partial charge in [0.25, 0.3) is 0 Å². The van der Waals surface area contributed by atoms with Crippen LogP contribution in [0.25, 0.3) is 11.0 Å². The van der Waals surface area contributed by atoms with Crippen LogP contribution in [0, 0.1) is 6.92 Å². The molecule has 0 atom stereocenters. The van der Waals surface area contributed by atoms with E-state index in [4.69, 9.17) is 0 Å². The van der Waals surface area contributed by atoms with Crippen molar-refractivity contribution in [2.45, 2.75) is 39.3 Å². The molecule has 2 aromatic rings. The summed E-state index contributed by atoms with van der Waals surface area (Å²) in [6.45, 7) is 6.65. The second kappa shape index (κ2) is 6.16. The van der Waals surface area contributed by atoms with Crippen molar-refractivity contribution in [3.8, 4) is 0 Å². The molecule has 5 nitrogen and oxygen atoms in total. The number of aromatic nitrogens is 2. The standard InChI is InChI=1S/C16H23N5/c1-3-17-16(20-13-8-9-13)18-10-11-21-12(2)19-14-6-4-5-7-15(14)21/h4-7,13H,3,8-11H2,1-2H3,(H2,17,18,20). The minimum Gasteiger partial charge on any atom is -0.357 e. The summed E-state index contributed by atoms with van der Waals surface area (Å²) in [7, 11) is 0. The van der Waals surface area contributed by atoms with Gasteiger partial charge >= 0.3 is 0 Å². The molecule has 0 unspecified atom stereocenters. The fraction of sp³-hybridized carbons (Fsp3) is 0.500. The SMILES string of the molecule is CCNC(=NCCn1c(C)nc2ccccc21)NC1CC1. The summed E-state index contributed by atoms with van der Waals surface area (Å²) in [6.07, 6.45) is 2.52. The molecule has 5 heteroatoms. The number of guanidine groups is 1. The molecule has 1 aliphatic carbocycles. The van der Waals surface area contributed by atoms with Gasteiger partial charge in [0.2, 0.25) is 0 Å². The fourth-order valence-corrected chi connectivity index (χ4v) is 2.48. The highest BCUT2D eigenvalue weighted by Crippen LogP contribution is 2.18. The van der Waals surface area contributed by atoms with Crippen LogP contribution in [0.1, 0.15) is 25.6 Å². The largest absolute Gasteiger partial charge is 0.357 e. The number of aliphatic imine (C=N–C) groups is 1. The Morgan fingerprint density at radius 3 is 2.95 bits per heavy atom.